The number of hydrogen-bond acceptors (Lipinski definition) is 5. The average Bonchev–Trinajstić information content (AvgIpc) is 2.40. The second kappa shape index (κ2) is 6.39. The van der Waals surface area contributed by atoms with E-state index in [1.807, 2.05) is 0 Å². The van der Waals surface area contributed by atoms with Crippen LogP contribution >= 0.6 is 0 Å². The highest BCUT2D eigenvalue weighted by Crippen LogP contribution is 2.38. The molecule has 0 radical (unpaired) electrons. The van der Waals surface area contributed by atoms with Gasteiger partial charge in [0, 0.05) is 13.7 Å². The highest BCUT2D eigenvalue weighted by atomic mass is 16.5. The molecule has 0 aromatic carbocycles. The van der Waals surface area contributed by atoms with Gasteiger partial charge in [0.1, 0.15) is 5.56 Å². The number of methoxy groups -OCH3 is 1. The van der Waals surface area contributed by atoms with Crippen molar-refractivity contribution in [1.29, 1.82) is 0 Å². The fraction of sp³-hybridized carbons (Fsp3) is 0.667. The fourth-order valence-electron chi connectivity index (χ4n) is 2.62. The molecule has 1 aromatic rings. The van der Waals surface area contributed by atoms with Gasteiger partial charge in [0.2, 0.25) is 0 Å². The third kappa shape index (κ3) is 3.15. The molecule has 0 amide bonds. The molecule has 0 bridgehead atoms. The van der Waals surface area contributed by atoms with Gasteiger partial charge in [-0.3, -0.25) is 4.79 Å². The molecule has 116 valence electrons. The third-order valence-electron chi connectivity index (χ3n) is 4.19. The molecule has 6 heteroatoms. The van der Waals surface area contributed by atoms with Crippen LogP contribution in [0.2, 0.25) is 0 Å². The zero-order valence-corrected chi connectivity index (χ0v) is 12.8. The van der Waals surface area contributed by atoms with Crippen LogP contribution in [0.15, 0.2) is 11.0 Å². The van der Waals surface area contributed by atoms with Gasteiger partial charge in [0.15, 0.2) is 0 Å². The minimum Gasteiger partial charge on any atom is -0.462 e. The minimum atomic E-state index is -0.582. The lowest BCUT2D eigenvalue weighted by atomic mass is 9.77. The summed E-state index contributed by atoms with van der Waals surface area (Å²) in [5.74, 6) is -0.582. The molecule has 0 spiro atoms. The van der Waals surface area contributed by atoms with Crippen LogP contribution in [-0.2, 0) is 16.0 Å². The molecule has 0 unspecified atom stereocenters. The van der Waals surface area contributed by atoms with E-state index in [1.165, 1.54) is 10.9 Å². The molecule has 1 saturated carbocycles. The van der Waals surface area contributed by atoms with Crippen molar-refractivity contribution in [2.24, 2.45) is 0 Å². The van der Waals surface area contributed by atoms with Crippen molar-refractivity contribution in [3.8, 4) is 0 Å². The predicted molar refractivity (Wildman–Crippen MR) is 77.4 cm³/mol. The zero-order chi connectivity index (χ0) is 15.5. The van der Waals surface area contributed by atoms with Crippen molar-refractivity contribution >= 4 is 5.97 Å². The Morgan fingerprint density at radius 3 is 2.71 bits per heavy atom. The van der Waals surface area contributed by atoms with Crippen molar-refractivity contribution in [3.63, 3.8) is 0 Å². The van der Waals surface area contributed by atoms with E-state index in [0.29, 0.717) is 12.1 Å². The molecule has 1 aliphatic carbocycles. The van der Waals surface area contributed by atoms with E-state index in [1.54, 1.807) is 21.0 Å². The van der Waals surface area contributed by atoms with Gasteiger partial charge in [-0.2, -0.15) is 5.10 Å². The quantitative estimate of drug-likeness (QED) is 0.747. The maximum Gasteiger partial charge on any atom is 0.344 e. The van der Waals surface area contributed by atoms with Crippen molar-refractivity contribution < 1.29 is 14.3 Å². The van der Waals surface area contributed by atoms with Crippen LogP contribution in [0.4, 0.5) is 0 Å². The SMILES string of the molecule is CCOC(=O)c1c(C)cnn(CCC2(OC)CCC2)c1=O. The Morgan fingerprint density at radius 2 is 2.19 bits per heavy atom. The summed E-state index contributed by atoms with van der Waals surface area (Å²) in [6.45, 7) is 4.09. The number of esters is 1. The zero-order valence-electron chi connectivity index (χ0n) is 12.8. The van der Waals surface area contributed by atoms with Gasteiger partial charge >= 0.3 is 5.97 Å². The topological polar surface area (TPSA) is 70.4 Å². The Labute approximate surface area is 124 Å². The lowest BCUT2D eigenvalue weighted by Gasteiger charge is -2.40. The summed E-state index contributed by atoms with van der Waals surface area (Å²) in [5, 5.41) is 4.12. The monoisotopic (exact) mass is 294 g/mol. The molecule has 1 heterocycles. The summed E-state index contributed by atoms with van der Waals surface area (Å²) >= 11 is 0. The first kappa shape index (κ1) is 15.7. The summed E-state index contributed by atoms with van der Waals surface area (Å²) in [5.41, 5.74) is 0.0987. The van der Waals surface area contributed by atoms with Crippen LogP contribution in [-0.4, -0.2) is 35.1 Å². The molecule has 0 N–H and O–H groups in total. The van der Waals surface area contributed by atoms with E-state index in [2.05, 4.69) is 5.10 Å². The van der Waals surface area contributed by atoms with Crippen LogP contribution in [0.5, 0.6) is 0 Å². The van der Waals surface area contributed by atoms with Gasteiger partial charge < -0.3 is 9.47 Å². The second-order valence-corrected chi connectivity index (χ2v) is 5.44. The van der Waals surface area contributed by atoms with Crippen LogP contribution < -0.4 is 5.56 Å². The van der Waals surface area contributed by atoms with Gasteiger partial charge in [-0.25, -0.2) is 9.48 Å². The standard InChI is InChI=1S/C15H22N2O4/c1-4-21-14(19)12-11(2)10-16-17(13(12)18)9-8-15(20-3)6-5-7-15/h10H,4-9H2,1-3H3. The molecule has 1 fully saturated rings. The first-order valence-corrected chi connectivity index (χ1v) is 7.32. The number of aryl methyl sites for hydroxylation is 2. The molecule has 6 nitrogen and oxygen atoms in total. The number of nitrogens with zero attached hydrogens (tertiary/aromatic N) is 2. The Morgan fingerprint density at radius 1 is 1.48 bits per heavy atom. The van der Waals surface area contributed by atoms with Crippen LogP contribution in [0.25, 0.3) is 0 Å². The van der Waals surface area contributed by atoms with Gasteiger partial charge in [-0.1, -0.05) is 0 Å². The van der Waals surface area contributed by atoms with Crippen molar-refractivity contribution in [2.75, 3.05) is 13.7 Å². The highest BCUT2D eigenvalue weighted by Gasteiger charge is 2.36. The Kier molecular flexibility index (Phi) is 4.77. The lowest BCUT2D eigenvalue weighted by Crippen LogP contribution is -2.41. The van der Waals surface area contributed by atoms with Gasteiger partial charge in [-0.05, 0) is 45.1 Å². The molecular weight excluding hydrogens is 272 g/mol. The Balaban J connectivity index is 2.19. The van der Waals surface area contributed by atoms with Gasteiger partial charge in [0.05, 0.1) is 18.4 Å². The number of ether oxygens (including phenoxy) is 2. The van der Waals surface area contributed by atoms with E-state index in [0.717, 1.165) is 25.7 Å². The molecule has 0 aliphatic heterocycles. The summed E-state index contributed by atoms with van der Waals surface area (Å²) in [6, 6.07) is 0. The molecule has 2 rings (SSSR count). The summed E-state index contributed by atoms with van der Waals surface area (Å²) in [4.78, 5) is 24.3. The van der Waals surface area contributed by atoms with E-state index < -0.39 is 5.97 Å². The Hall–Kier alpha value is -1.69. The second-order valence-electron chi connectivity index (χ2n) is 5.44. The molecule has 1 aromatic heterocycles. The number of aromatic nitrogens is 2. The molecular formula is C15H22N2O4. The van der Waals surface area contributed by atoms with Crippen LogP contribution in [0, 0.1) is 6.92 Å². The first-order valence-electron chi connectivity index (χ1n) is 7.32. The number of carbonyl (C=O) groups is 1. The van der Waals surface area contributed by atoms with Gasteiger partial charge in [-0.15, -0.1) is 0 Å². The lowest BCUT2D eigenvalue weighted by molar-refractivity contribution is -0.0806. The number of carbonyl (C=O) groups excluding carboxylic acids is 1. The molecule has 0 saturated heterocycles. The van der Waals surface area contributed by atoms with Crippen molar-refractivity contribution in [3.05, 3.63) is 27.7 Å². The molecule has 21 heavy (non-hydrogen) atoms. The predicted octanol–water partition coefficient (Wildman–Crippen LogP) is 1.69. The maximum absolute atomic E-state index is 12.4. The van der Waals surface area contributed by atoms with Crippen molar-refractivity contribution in [1.82, 2.24) is 9.78 Å². The largest absolute Gasteiger partial charge is 0.462 e. The maximum atomic E-state index is 12.4. The molecule has 1 aliphatic rings. The fourth-order valence-corrected chi connectivity index (χ4v) is 2.62. The van der Waals surface area contributed by atoms with E-state index in [9.17, 15) is 9.59 Å². The van der Waals surface area contributed by atoms with Gasteiger partial charge in [0.25, 0.3) is 5.56 Å². The van der Waals surface area contributed by atoms with Crippen LogP contribution in [0.1, 0.15) is 48.5 Å². The summed E-state index contributed by atoms with van der Waals surface area (Å²) < 4.78 is 11.8. The smallest absolute Gasteiger partial charge is 0.344 e. The van der Waals surface area contributed by atoms with E-state index in [4.69, 9.17) is 9.47 Å². The van der Waals surface area contributed by atoms with Crippen molar-refractivity contribution in [2.45, 2.75) is 51.7 Å². The van der Waals surface area contributed by atoms with E-state index in [-0.39, 0.29) is 23.3 Å². The minimum absolute atomic E-state index is 0.0759. The number of hydrogen-bond donors (Lipinski definition) is 0. The van der Waals surface area contributed by atoms with E-state index >= 15 is 0 Å². The average molecular weight is 294 g/mol. The Bertz CT molecular complexity index is 570. The summed E-state index contributed by atoms with van der Waals surface area (Å²) in [6.07, 6.45) is 5.43. The van der Waals surface area contributed by atoms with Crippen LogP contribution in [0.3, 0.4) is 0 Å². The molecule has 0 atom stereocenters. The summed E-state index contributed by atoms with van der Waals surface area (Å²) in [7, 11) is 1.70. The third-order valence-corrected chi connectivity index (χ3v) is 4.19. The number of rotatable bonds is 6. The first-order chi connectivity index (χ1) is 10.0. The highest BCUT2D eigenvalue weighted by molar-refractivity contribution is 5.90. The normalized spacial score (nSPS) is 16.3.